The number of carbonyl (C=O) groups is 2. The topological polar surface area (TPSA) is 58.2 Å². The Morgan fingerprint density at radius 3 is 1.44 bits per heavy atom. The molecular weight excluding hydrogens is 352 g/mol. The second-order valence-electron chi connectivity index (χ2n) is 5.32. The highest BCUT2D eigenvalue weighted by Gasteiger charge is 2.46. The molecule has 0 atom stereocenters. The first kappa shape index (κ1) is 19.4. The van der Waals surface area contributed by atoms with E-state index in [-0.39, 0.29) is 11.8 Å². The van der Waals surface area contributed by atoms with Crippen LogP contribution in [0.1, 0.15) is 11.1 Å². The molecule has 0 aromatic heterocycles. The largest absolute Gasteiger partial charge is 0.357 e. The van der Waals surface area contributed by atoms with Crippen LogP contribution in [-0.2, 0) is 21.1 Å². The SMILES string of the molecule is CNC(=O)C(SCc1ccccc1)(SCc1ccccc1)C(=O)NC. The summed E-state index contributed by atoms with van der Waals surface area (Å²) < 4.78 is -1.24. The van der Waals surface area contributed by atoms with Crippen molar-refractivity contribution in [2.45, 2.75) is 15.6 Å². The lowest BCUT2D eigenvalue weighted by molar-refractivity contribution is -0.129. The van der Waals surface area contributed by atoms with E-state index in [1.165, 1.54) is 23.5 Å². The minimum absolute atomic E-state index is 0.297. The fourth-order valence-electron chi connectivity index (χ4n) is 2.25. The lowest BCUT2D eigenvalue weighted by Gasteiger charge is -2.29. The summed E-state index contributed by atoms with van der Waals surface area (Å²) in [6.07, 6.45) is 0. The predicted molar refractivity (Wildman–Crippen MR) is 106 cm³/mol. The third kappa shape index (κ3) is 5.03. The average Bonchev–Trinajstić information content (AvgIpc) is 2.68. The minimum Gasteiger partial charge on any atom is -0.357 e. The molecule has 0 fully saturated rings. The molecule has 0 heterocycles. The zero-order valence-electron chi connectivity index (χ0n) is 14.3. The van der Waals surface area contributed by atoms with Crippen molar-refractivity contribution in [2.24, 2.45) is 0 Å². The van der Waals surface area contributed by atoms with E-state index < -0.39 is 4.08 Å². The summed E-state index contributed by atoms with van der Waals surface area (Å²) in [5.74, 6) is 0.551. The molecule has 0 bridgehead atoms. The predicted octanol–water partition coefficient (Wildman–Crippen LogP) is 3.04. The molecule has 0 unspecified atom stereocenters. The number of thioether (sulfide) groups is 2. The molecule has 6 heteroatoms. The van der Waals surface area contributed by atoms with Crippen LogP contribution >= 0.6 is 23.5 Å². The number of rotatable bonds is 8. The Balaban J connectivity index is 2.24. The van der Waals surface area contributed by atoms with Gasteiger partial charge in [-0.1, -0.05) is 60.7 Å². The molecule has 2 N–H and O–H groups in total. The van der Waals surface area contributed by atoms with Crippen LogP contribution in [0.3, 0.4) is 0 Å². The maximum absolute atomic E-state index is 12.7. The van der Waals surface area contributed by atoms with E-state index in [1.807, 2.05) is 60.7 Å². The molecule has 4 nitrogen and oxygen atoms in total. The summed E-state index contributed by atoms with van der Waals surface area (Å²) in [5.41, 5.74) is 2.15. The number of hydrogen-bond acceptors (Lipinski definition) is 4. The normalized spacial score (nSPS) is 11.0. The highest BCUT2D eigenvalue weighted by atomic mass is 32.2. The van der Waals surface area contributed by atoms with Gasteiger partial charge < -0.3 is 10.6 Å². The lowest BCUT2D eigenvalue weighted by atomic mass is 10.2. The molecule has 0 aliphatic carbocycles. The van der Waals surface area contributed by atoms with E-state index in [2.05, 4.69) is 10.6 Å². The van der Waals surface area contributed by atoms with E-state index in [0.29, 0.717) is 11.5 Å². The van der Waals surface area contributed by atoms with Gasteiger partial charge in [-0.15, -0.1) is 23.5 Å². The Morgan fingerprint density at radius 2 is 1.12 bits per heavy atom. The van der Waals surface area contributed by atoms with Crippen molar-refractivity contribution in [2.75, 3.05) is 14.1 Å². The second-order valence-corrected chi connectivity index (χ2v) is 7.96. The van der Waals surface area contributed by atoms with Gasteiger partial charge in [0.05, 0.1) is 0 Å². The van der Waals surface area contributed by atoms with Gasteiger partial charge in [-0.3, -0.25) is 9.59 Å². The van der Waals surface area contributed by atoms with Crippen molar-refractivity contribution in [1.82, 2.24) is 10.6 Å². The molecule has 132 valence electrons. The van der Waals surface area contributed by atoms with E-state index in [9.17, 15) is 9.59 Å². The molecule has 2 aromatic carbocycles. The van der Waals surface area contributed by atoms with E-state index in [4.69, 9.17) is 0 Å². The Bertz CT molecular complexity index is 632. The smallest absolute Gasteiger partial charge is 0.256 e. The zero-order valence-corrected chi connectivity index (χ0v) is 16.0. The van der Waals surface area contributed by atoms with Gasteiger partial charge in [-0.05, 0) is 11.1 Å². The Labute approximate surface area is 157 Å². The number of amides is 2. The fraction of sp³-hybridized carbons (Fsp3) is 0.263. The molecule has 0 spiro atoms. The van der Waals surface area contributed by atoms with Crippen LogP contribution in [0.2, 0.25) is 0 Å². The van der Waals surface area contributed by atoms with Gasteiger partial charge >= 0.3 is 0 Å². The second kappa shape index (κ2) is 9.53. The van der Waals surface area contributed by atoms with Gasteiger partial charge in [0, 0.05) is 25.6 Å². The third-order valence-electron chi connectivity index (χ3n) is 3.62. The van der Waals surface area contributed by atoms with Crippen LogP contribution in [0.5, 0.6) is 0 Å². The summed E-state index contributed by atoms with van der Waals surface area (Å²) in [4.78, 5) is 25.3. The Hall–Kier alpha value is -1.92. The van der Waals surface area contributed by atoms with Crippen molar-refractivity contribution in [3.8, 4) is 0 Å². The molecule has 0 radical (unpaired) electrons. The third-order valence-corrected chi connectivity index (χ3v) is 6.84. The number of benzene rings is 2. The van der Waals surface area contributed by atoms with E-state index >= 15 is 0 Å². The Morgan fingerprint density at radius 1 is 0.760 bits per heavy atom. The van der Waals surface area contributed by atoms with E-state index in [1.54, 1.807) is 14.1 Å². The van der Waals surface area contributed by atoms with Crippen LogP contribution in [-0.4, -0.2) is 30.0 Å². The van der Waals surface area contributed by atoms with Crippen molar-refractivity contribution in [1.29, 1.82) is 0 Å². The summed E-state index contributed by atoms with van der Waals surface area (Å²) >= 11 is 2.69. The van der Waals surface area contributed by atoms with Crippen molar-refractivity contribution < 1.29 is 9.59 Å². The Kier molecular flexibility index (Phi) is 7.40. The van der Waals surface area contributed by atoms with Crippen molar-refractivity contribution in [3.05, 3.63) is 71.8 Å². The summed E-state index contributed by atoms with van der Waals surface area (Å²) in [5, 5.41) is 5.30. The highest BCUT2D eigenvalue weighted by molar-refractivity contribution is 8.19. The van der Waals surface area contributed by atoms with Crippen LogP contribution in [0.4, 0.5) is 0 Å². The molecule has 2 amide bonds. The molecule has 0 saturated carbocycles. The van der Waals surface area contributed by atoms with Crippen LogP contribution in [0, 0.1) is 0 Å². The van der Waals surface area contributed by atoms with Crippen LogP contribution < -0.4 is 10.6 Å². The molecule has 2 aromatic rings. The van der Waals surface area contributed by atoms with Crippen LogP contribution in [0.15, 0.2) is 60.7 Å². The van der Waals surface area contributed by atoms with Gasteiger partial charge in [-0.25, -0.2) is 0 Å². The average molecular weight is 375 g/mol. The van der Waals surface area contributed by atoms with Crippen molar-refractivity contribution in [3.63, 3.8) is 0 Å². The monoisotopic (exact) mass is 374 g/mol. The zero-order chi connectivity index (χ0) is 18.1. The van der Waals surface area contributed by atoms with Gasteiger partial charge in [0.15, 0.2) is 0 Å². The fourth-order valence-corrected chi connectivity index (χ4v) is 5.00. The maximum Gasteiger partial charge on any atom is 0.256 e. The first-order valence-electron chi connectivity index (χ1n) is 7.92. The molecule has 0 aliphatic rings. The van der Waals surface area contributed by atoms with Crippen molar-refractivity contribution >= 4 is 35.3 Å². The summed E-state index contributed by atoms with van der Waals surface area (Å²) in [7, 11) is 3.12. The first-order valence-corrected chi connectivity index (χ1v) is 9.89. The highest BCUT2D eigenvalue weighted by Crippen LogP contribution is 2.41. The first-order chi connectivity index (χ1) is 12.1. The van der Waals surface area contributed by atoms with Gasteiger partial charge in [0.2, 0.25) is 4.08 Å². The maximum atomic E-state index is 12.7. The standard InChI is InChI=1S/C19H22N2O2S2/c1-20-17(22)19(18(23)21-2,24-13-15-9-5-3-6-10-15)25-14-16-11-7-4-8-12-16/h3-12H,13-14H2,1-2H3,(H,20,22)(H,21,23). The van der Waals surface area contributed by atoms with E-state index in [0.717, 1.165) is 11.1 Å². The number of hydrogen-bond donors (Lipinski definition) is 2. The van der Waals surface area contributed by atoms with Crippen LogP contribution in [0.25, 0.3) is 0 Å². The molecular formula is C19H22N2O2S2. The molecule has 25 heavy (non-hydrogen) atoms. The molecule has 0 saturated heterocycles. The lowest BCUT2D eigenvalue weighted by Crippen LogP contribution is -2.51. The molecule has 2 rings (SSSR count). The van der Waals surface area contributed by atoms with Gasteiger partial charge in [0.1, 0.15) is 0 Å². The quantitative estimate of drug-likeness (QED) is 0.551. The minimum atomic E-state index is -1.24. The summed E-state index contributed by atoms with van der Waals surface area (Å²) in [6, 6.07) is 19.7. The summed E-state index contributed by atoms with van der Waals surface area (Å²) in [6.45, 7) is 0. The van der Waals surface area contributed by atoms with Gasteiger partial charge in [-0.2, -0.15) is 0 Å². The van der Waals surface area contributed by atoms with Gasteiger partial charge in [0.25, 0.3) is 11.8 Å². The molecule has 0 aliphatic heterocycles. The number of carbonyl (C=O) groups excluding carboxylic acids is 2. The number of nitrogens with one attached hydrogen (secondary N) is 2.